The van der Waals surface area contributed by atoms with Crippen LogP contribution in [0.3, 0.4) is 0 Å². The molecule has 1 aromatic carbocycles. The Morgan fingerprint density at radius 2 is 2.02 bits per heavy atom. The molecule has 6 rings (SSSR count). The van der Waals surface area contributed by atoms with Crippen molar-refractivity contribution < 1.29 is 9.90 Å². The highest BCUT2D eigenvalue weighted by Crippen LogP contribution is 2.25. The maximum Gasteiger partial charge on any atom is 0.258 e. The van der Waals surface area contributed by atoms with Crippen LogP contribution in [0.5, 0.6) is 0 Å². The van der Waals surface area contributed by atoms with Crippen molar-refractivity contribution in [1.82, 2.24) is 24.6 Å². The Hall–Kier alpha value is -3.92. The fourth-order valence-electron chi connectivity index (χ4n) is 5.23. The van der Waals surface area contributed by atoms with Gasteiger partial charge in [-0.05, 0) is 54.7 Å². The molecule has 1 saturated heterocycles. The van der Waals surface area contributed by atoms with Crippen molar-refractivity contribution in [1.29, 1.82) is 0 Å². The second-order valence-corrected chi connectivity index (χ2v) is 11.1. The van der Waals surface area contributed by atoms with Crippen LogP contribution < -0.4 is 10.9 Å². The van der Waals surface area contributed by atoms with Crippen LogP contribution in [0.15, 0.2) is 77.5 Å². The van der Waals surface area contributed by atoms with Crippen molar-refractivity contribution in [3.63, 3.8) is 0 Å². The molecule has 1 fully saturated rings. The van der Waals surface area contributed by atoms with Crippen molar-refractivity contribution in [3.05, 3.63) is 94.2 Å². The van der Waals surface area contributed by atoms with E-state index in [4.69, 9.17) is 11.6 Å². The maximum atomic E-state index is 12.9. The third kappa shape index (κ3) is 5.96. The number of pyridine rings is 1. The van der Waals surface area contributed by atoms with Crippen LogP contribution in [-0.2, 0) is 13.1 Å². The quantitative estimate of drug-likeness (QED) is 0.250. The Bertz CT molecular complexity index is 1660. The molecular formula is C30H31ClN6O3. The van der Waals surface area contributed by atoms with Crippen LogP contribution >= 0.6 is 11.6 Å². The highest BCUT2D eigenvalue weighted by atomic mass is 35.5. The number of fused-ring (bicyclic) bond motifs is 1. The lowest BCUT2D eigenvalue weighted by Gasteiger charge is -2.29. The van der Waals surface area contributed by atoms with E-state index in [1.165, 1.54) is 18.0 Å². The molecule has 4 N–H and O–H groups in total. The molecule has 206 valence electrons. The number of anilines is 1. The zero-order valence-electron chi connectivity index (χ0n) is 21.9. The van der Waals surface area contributed by atoms with Gasteiger partial charge in [-0.3, -0.25) is 19.2 Å². The maximum absolute atomic E-state index is 12.9. The number of piperidine rings is 1. The van der Waals surface area contributed by atoms with E-state index in [0.717, 1.165) is 55.4 Å². The molecule has 0 radical (unpaired) electrons. The molecule has 1 unspecified atom stereocenters. The third-order valence-electron chi connectivity index (χ3n) is 7.46. The number of aliphatic hydroxyl groups excluding tert-OH is 1. The van der Waals surface area contributed by atoms with Crippen molar-refractivity contribution in [2.75, 3.05) is 18.4 Å². The van der Waals surface area contributed by atoms with E-state index in [2.05, 4.69) is 43.5 Å². The number of alkyl halides is 1. The molecule has 1 aliphatic carbocycles. The molecule has 0 bridgehead atoms. The number of halogens is 1. The van der Waals surface area contributed by atoms with E-state index in [-0.39, 0.29) is 22.9 Å². The summed E-state index contributed by atoms with van der Waals surface area (Å²) < 4.78 is 1.71. The topological polar surface area (TPSA) is 119 Å². The van der Waals surface area contributed by atoms with Crippen molar-refractivity contribution in [3.8, 4) is 11.3 Å². The van der Waals surface area contributed by atoms with Crippen LogP contribution in [0.1, 0.15) is 35.2 Å². The molecule has 9 nitrogen and oxygen atoms in total. The number of carbonyl (C=O) groups excluding carboxylic acids is 1. The van der Waals surface area contributed by atoms with Gasteiger partial charge in [0.1, 0.15) is 0 Å². The number of carbonyl (C=O) groups is 1. The molecule has 1 amide bonds. The van der Waals surface area contributed by atoms with Crippen LogP contribution in [0.4, 0.5) is 5.69 Å². The van der Waals surface area contributed by atoms with Crippen molar-refractivity contribution in [2.45, 2.75) is 43.8 Å². The van der Waals surface area contributed by atoms with Gasteiger partial charge < -0.3 is 20.4 Å². The van der Waals surface area contributed by atoms with Gasteiger partial charge in [-0.2, -0.15) is 5.10 Å². The zero-order valence-corrected chi connectivity index (χ0v) is 22.7. The lowest BCUT2D eigenvalue weighted by atomic mass is 10.1. The largest absolute Gasteiger partial charge is 0.393 e. The first-order valence-corrected chi connectivity index (χ1v) is 13.9. The average Bonchev–Trinajstić information content (AvgIpc) is 3.59. The number of rotatable bonds is 7. The summed E-state index contributed by atoms with van der Waals surface area (Å²) in [7, 11) is 0. The number of H-pyrrole nitrogens is 2. The van der Waals surface area contributed by atoms with Gasteiger partial charge in [-0.25, -0.2) is 0 Å². The predicted octanol–water partition coefficient (Wildman–Crippen LogP) is 4.42. The third-order valence-corrected chi connectivity index (χ3v) is 7.79. The van der Waals surface area contributed by atoms with Crippen LogP contribution in [0, 0.1) is 0 Å². The number of hydrogen-bond donors (Lipinski definition) is 4. The number of nitrogens with one attached hydrogen (secondary N) is 3. The molecule has 2 aliphatic rings. The number of amides is 1. The summed E-state index contributed by atoms with van der Waals surface area (Å²) in [5.74, 6) is -0.315. The van der Waals surface area contributed by atoms with E-state index < -0.39 is 0 Å². The van der Waals surface area contributed by atoms with E-state index in [1.54, 1.807) is 16.9 Å². The minimum absolute atomic E-state index is 0.0211. The molecule has 3 aromatic heterocycles. The van der Waals surface area contributed by atoms with Crippen LogP contribution in [0.2, 0.25) is 0 Å². The molecule has 4 heterocycles. The number of aliphatic hydroxyl groups is 1. The molecule has 0 spiro atoms. The average molecular weight is 559 g/mol. The Labute approximate surface area is 236 Å². The highest BCUT2D eigenvalue weighted by Gasteiger charge is 2.18. The predicted molar refractivity (Wildman–Crippen MR) is 157 cm³/mol. The second-order valence-electron chi connectivity index (χ2n) is 10.5. The first-order chi connectivity index (χ1) is 19.4. The van der Waals surface area contributed by atoms with Crippen molar-refractivity contribution >= 4 is 34.1 Å². The number of likely N-dealkylation sites (tertiary alicyclic amines) is 1. The Morgan fingerprint density at radius 1 is 1.18 bits per heavy atom. The summed E-state index contributed by atoms with van der Waals surface area (Å²) in [6.07, 6.45) is 12.9. The normalized spacial score (nSPS) is 18.2. The summed E-state index contributed by atoms with van der Waals surface area (Å²) in [4.78, 5) is 34.1. The van der Waals surface area contributed by atoms with Gasteiger partial charge in [0.25, 0.3) is 11.5 Å². The minimum Gasteiger partial charge on any atom is -0.393 e. The number of aromatic amines is 2. The van der Waals surface area contributed by atoms with Gasteiger partial charge in [0.05, 0.1) is 46.7 Å². The fourth-order valence-corrected chi connectivity index (χ4v) is 5.39. The molecule has 40 heavy (non-hydrogen) atoms. The number of aromatic nitrogens is 4. The van der Waals surface area contributed by atoms with E-state index in [0.29, 0.717) is 29.1 Å². The number of benzene rings is 1. The molecule has 1 atom stereocenters. The highest BCUT2D eigenvalue weighted by molar-refractivity contribution is 6.22. The first-order valence-electron chi connectivity index (χ1n) is 13.5. The van der Waals surface area contributed by atoms with Gasteiger partial charge in [0.2, 0.25) is 0 Å². The number of allylic oxidation sites excluding steroid dienone is 4. The lowest BCUT2D eigenvalue weighted by molar-refractivity contribution is 0.0792. The summed E-state index contributed by atoms with van der Waals surface area (Å²) in [5, 5.41) is 18.0. The number of hydrogen-bond acceptors (Lipinski definition) is 5. The smallest absolute Gasteiger partial charge is 0.258 e. The molecule has 0 saturated carbocycles. The van der Waals surface area contributed by atoms with Gasteiger partial charge in [0.15, 0.2) is 0 Å². The van der Waals surface area contributed by atoms with Gasteiger partial charge in [-0.15, -0.1) is 11.6 Å². The van der Waals surface area contributed by atoms with Crippen LogP contribution in [0.25, 0.3) is 22.2 Å². The van der Waals surface area contributed by atoms with Gasteiger partial charge in [-0.1, -0.05) is 24.3 Å². The number of nitrogens with zero attached hydrogens (tertiary/aromatic N) is 3. The Kier molecular flexibility index (Phi) is 7.42. The van der Waals surface area contributed by atoms with Crippen molar-refractivity contribution in [2.24, 2.45) is 0 Å². The molecule has 4 aromatic rings. The zero-order chi connectivity index (χ0) is 27.6. The van der Waals surface area contributed by atoms with E-state index in [9.17, 15) is 14.7 Å². The minimum atomic E-state index is -0.315. The van der Waals surface area contributed by atoms with Crippen LogP contribution in [-0.4, -0.2) is 60.2 Å². The monoisotopic (exact) mass is 558 g/mol. The standard InChI is InChI=1S/C30H31ClN6O3/c31-23-4-1-19(2-5-23)17-37-18-22(14-33-37)29(39)34-24-13-26(30(40)32-15-24)28-12-21-11-20(3-6-27(21)35-28)16-36-9-7-25(38)8-10-36/h1-4,6,11-15,18,23,25,35,38H,5,7-10,16-17H2,(H,32,40)(H,34,39). The van der Waals surface area contributed by atoms with Gasteiger partial charge >= 0.3 is 0 Å². The fraction of sp³-hybridized carbons (Fsp3) is 0.300. The molecule has 1 aliphatic heterocycles. The lowest BCUT2D eigenvalue weighted by Crippen LogP contribution is -2.35. The summed E-state index contributed by atoms with van der Waals surface area (Å²) in [6, 6.07) is 9.87. The summed E-state index contributed by atoms with van der Waals surface area (Å²) in [5.41, 5.74) is 4.96. The first kappa shape index (κ1) is 26.3. The van der Waals surface area contributed by atoms with E-state index >= 15 is 0 Å². The van der Waals surface area contributed by atoms with E-state index in [1.807, 2.05) is 24.3 Å². The SMILES string of the molecule is O=C(Nc1c[nH]c(=O)c(-c2cc3cc(CN4CCC(O)CC4)ccc3[nH]2)c1)c1cnn(CC2=CCC(Cl)C=C2)c1. The molecular weight excluding hydrogens is 528 g/mol. The van der Waals surface area contributed by atoms with Gasteiger partial charge in [0, 0.05) is 42.9 Å². The Balaban J connectivity index is 1.15. The molecule has 10 heteroatoms. The summed E-state index contributed by atoms with van der Waals surface area (Å²) >= 11 is 6.09. The second kappa shape index (κ2) is 11.3. The Morgan fingerprint density at radius 3 is 2.83 bits per heavy atom. The summed E-state index contributed by atoms with van der Waals surface area (Å²) in [6.45, 7) is 3.15.